The lowest BCUT2D eigenvalue weighted by Gasteiger charge is -2.27. The molecule has 1 aliphatic heterocycles. The van der Waals surface area contributed by atoms with Gasteiger partial charge in [0.1, 0.15) is 5.82 Å². The van der Waals surface area contributed by atoms with Crippen LogP contribution in [0.1, 0.15) is 18.0 Å². The van der Waals surface area contributed by atoms with Crippen molar-refractivity contribution in [3.05, 3.63) is 34.6 Å². The second-order valence-electron chi connectivity index (χ2n) is 4.54. The second kappa shape index (κ2) is 5.86. The molecule has 0 bridgehead atoms. The molecule has 2 N–H and O–H groups in total. The highest BCUT2D eigenvalue weighted by Crippen LogP contribution is 2.35. The average molecular weight is 287 g/mol. The normalized spacial score (nSPS) is 23.2. The van der Waals surface area contributed by atoms with E-state index in [2.05, 4.69) is 0 Å². The third-order valence-electron chi connectivity index (χ3n) is 3.31. The van der Waals surface area contributed by atoms with Gasteiger partial charge in [0, 0.05) is 31.7 Å². The number of nitrogens with two attached hydrogens (primary N) is 1. The third kappa shape index (κ3) is 2.73. The molecule has 1 amide bonds. The first kappa shape index (κ1) is 14.2. The summed E-state index contributed by atoms with van der Waals surface area (Å²) in [4.78, 5) is 13.5. The SMILES string of the molecule is COCCN1C(=O)CC(N)C1c1cccc(Cl)c1F. The predicted octanol–water partition coefficient (Wildman–Crippen LogP) is 1.73. The van der Waals surface area contributed by atoms with Crippen molar-refractivity contribution in [3.63, 3.8) is 0 Å². The number of halogens is 2. The molecule has 2 atom stereocenters. The van der Waals surface area contributed by atoms with E-state index in [9.17, 15) is 9.18 Å². The quantitative estimate of drug-likeness (QED) is 0.917. The molecule has 1 aliphatic rings. The summed E-state index contributed by atoms with van der Waals surface area (Å²) in [6, 6.07) is 3.83. The lowest BCUT2D eigenvalue weighted by molar-refractivity contribution is -0.129. The van der Waals surface area contributed by atoms with E-state index in [1.165, 1.54) is 6.07 Å². The molecular formula is C13H16ClFN2O2. The van der Waals surface area contributed by atoms with Gasteiger partial charge in [-0.15, -0.1) is 0 Å². The zero-order valence-corrected chi connectivity index (χ0v) is 11.4. The van der Waals surface area contributed by atoms with Gasteiger partial charge in [-0.1, -0.05) is 23.7 Å². The summed E-state index contributed by atoms with van der Waals surface area (Å²) >= 11 is 5.78. The molecule has 0 spiro atoms. The molecule has 0 aromatic heterocycles. The molecule has 1 heterocycles. The fourth-order valence-corrected chi connectivity index (χ4v) is 2.60. The van der Waals surface area contributed by atoms with Crippen LogP contribution in [0.3, 0.4) is 0 Å². The molecular weight excluding hydrogens is 271 g/mol. The van der Waals surface area contributed by atoms with E-state index in [1.807, 2.05) is 0 Å². The van der Waals surface area contributed by atoms with Gasteiger partial charge in [0.15, 0.2) is 0 Å². The van der Waals surface area contributed by atoms with Crippen LogP contribution >= 0.6 is 11.6 Å². The lowest BCUT2D eigenvalue weighted by Crippen LogP contribution is -2.35. The van der Waals surface area contributed by atoms with E-state index < -0.39 is 17.9 Å². The number of carbonyl (C=O) groups excluding carboxylic acids is 1. The Balaban J connectivity index is 2.34. The predicted molar refractivity (Wildman–Crippen MR) is 70.3 cm³/mol. The molecule has 1 aromatic carbocycles. The summed E-state index contributed by atoms with van der Waals surface area (Å²) in [6.07, 6.45) is 0.209. The van der Waals surface area contributed by atoms with Crippen LogP contribution in [0, 0.1) is 5.82 Å². The van der Waals surface area contributed by atoms with Crippen molar-refractivity contribution in [3.8, 4) is 0 Å². The van der Waals surface area contributed by atoms with E-state index in [0.717, 1.165) is 0 Å². The Hall–Kier alpha value is -1.17. The fraction of sp³-hybridized carbons (Fsp3) is 0.462. The van der Waals surface area contributed by atoms with Gasteiger partial charge in [0.25, 0.3) is 0 Å². The highest BCUT2D eigenvalue weighted by Gasteiger charge is 2.39. The van der Waals surface area contributed by atoms with E-state index in [0.29, 0.717) is 18.7 Å². The molecule has 4 nitrogen and oxygen atoms in total. The van der Waals surface area contributed by atoms with Crippen molar-refractivity contribution < 1.29 is 13.9 Å². The fourth-order valence-electron chi connectivity index (χ4n) is 2.42. The van der Waals surface area contributed by atoms with Crippen molar-refractivity contribution in [2.45, 2.75) is 18.5 Å². The van der Waals surface area contributed by atoms with Gasteiger partial charge in [-0.25, -0.2) is 4.39 Å². The number of carbonyl (C=O) groups is 1. The average Bonchev–Trinajstić information content (AvgIpc) is 2.65. The molecule has 1 aromatic rings. The maximum atomic E-state index is 14.1. The Labute approximate surface area is 116 Å². The molecule has 1 fully saturated rings. The van der Waals surface area contributed by atoms with Crippen LogP contribution in [0.4, 0.5) is 4.39 Å². The summed E-state index contributed by atoms with van der Waals surface area (Å²) in [5.41, 5.74) is 6.33. The summed E-state index contributed by atoms with van der Waals surface area (Å²) in [5.74, 6) is -0.601. The minimum absolute atomic E-state index is 0.0377. The van der Waals surface area contributed by atoms with Gasteiger partial charge in [-0.2, -0.15) is 0 Å². The van der Waals surface area contributed by atoms with Gasteiger partial charge in [0.2, 0.25) is 5.91 Å². The Morgan fingerprint density at radius 3 is 3.00 bits per heavy atom. The van der Waals surface area contributed by atoms with Crippen LogP contribution < -0.4 is 5.73 Å². The smallest absolute Gasteiger partial charge is 0.224 e. The number of hydrogen-bond donors (Lipinski definition) is 1. The lowest BCUT2D eigenvalue weighted by atomic mass is 10.00. The first-order valence-electron chi connectivity index (χ1n) is 6.04. The van der Waals surface area contributed by atoms with Crippen LogP contribution in [0.25, 0.3) is 0 Å². The highest BCUT2D eigenvalue weighted by molar-refractivity contribution is 6.30. The number of nitrogens with zero attached hydrogens (tertiary/aromatic N) is 1. The first-order valence-corrected chi connectivity index (χ1v) is 6.42. The molecule has 1 saturated heterocycles. The monoisotopic (exact) mass is 286 g/mol. The third-order valence-corrected chi connectivity index (χ3v) is 3.60. The number of likely N-dealkylation sites (tertiary alicyclic amines) is 1. The minimum Gasteiger partial charge on any atom is -0.383 e. The molecule has 104 valence electrons. The van der Waals surface area contributed by atoms with Gasteiger partial charge >= 0.3 is 0 Å². The van der Waals surface area contributed by atoms with Crippen molar-refractivity contribution in [2.24, 2.45) is 5.73 Å². The van der Waals surface area contributed by atoms with E-state index >= 15 is 0 Å². The maximum Gasteiger partial charge on any atom is 0.224 e. The Kier molecular flexibility index (Phi) is 4.39. The highest BCUT2D eigenvalue weighted by atomic mass is 35.5. The molecule has 0 aliphatic carbocycles. The summed E-state index contributed by atoms with van der Waals surface area (Å²) in [6.45, 7) is 0.775. The second-order valence-corrected chi connectivity index (χ2v) is 4.94. The number of methoxy groups -OCH3 is 1. The molecule has 6 heteroatoms. The van der Waals surface area contributed by atoms with Crippen LogP contribution in [0.5, 0.6) is 0 Å². The standard InChI is InChI=1S/C13H16ClFN2O2/c1-19-6-5-17-11(18)7-10(16)13(17)8-3-2-4-9(14)12(8)15/h2-4,10,13H,5-7,16H2,1H3. The largest absolute Gasteiger partial charge is 0.383 e. The van der Waals surface area contributed by atoms with Crippen LogP contribution in [0.2, 0.25) is 5.02 Å². The number of amides is 1. The minimum atomic E-state index is -0.512. The maximum absolute atomic E-state index is 14.1. The van der Waals surface area contributed by atoms with Gasteiger partial charge in [-0.3, -0.25) is 4.79 Å². The van der Waals surface area contributed by atoms with Crippen LogP contribution in [0.15, 0.2) is 18.2 Å². The molecule has 0 saturated carbocycles. The van der Waals surface area contributed by atoms with E-state index in [4.69, 9.17) is 22.1 Å². The molecule has 19 heavy (non-hydrogen) atoms. The Bertz CT molecular complexity index is 484. The van der Waals surface area contributed by atoms with Crippen molar-refractivity contribution in [1.82, 2.24) is 4.90 Å². The number of rotatable bonds is 4. The van der Waals surface area contributed by atoms with Crippen LogP contribution in [-0.4, -0.2) is 37.1 Å². The van der Waals surface area contributed by atoms with Crippen molar-refractivity contribution >= 4 is 17.5 Å². The van der Waals surface area contributed by atoms with Crippen LogP contribution in [-0.2, 0) is 9.53 Å². The number of benzene rings is 1. The topological polar surface area (TPSA) is 55.6 Å². The summed E-state index contributed by atoms with van der Waals surface area (Å²) < 4.78 is 19.1. The van der Waals surface area contributed by atoms with E-state index in [1.54, 1.807) is 24.1 Å². The number of hydrogen-bond acceptors (Lipinski definition) is 3. The molecule has 2 unspecified atom stereocenters. The zero-order chi connectivity index (χ0) is 14.0. The van der Waals surface area contributed by atoms with Crippen molar-refractivity contribution in [2.75, 3.05) is 20.3 Å². The zero-order valence-electron chi connectivity index (χ0n) is 10.6. The summed E-state index contributed by atoms with van der Waals surface area (Å²) in [5, 5.41) is 0.0377. The Morgan fingerprint density at radius 2 is 2.32 bits per heavy atom. The first-order chi connectivity index (χ1) is 9.06. The van der Waals surface area contributed by atoms with Gasteiger partial charge in [0.05, 0.1) is 17.7 Å². The van der Waals surface area contributed by atoms with Gasteiger partial charge in [-0.05, 0) is 6.07 Å². The van der Waals surface area contributed by atoms with E-state index in [-0.39, 0.29) is 17.4 Å². The van der Waals surface area contributed by atoms with Crippen molar-refractivity contribution in [1.29, 1.82) is 0 Å². The summed E-state index contributed by atoms with van der Waals surface area (Å²) in [7, 11) is 1.55. The molecule has 2 rings (SSSR count). The number of ether oxygens (including phenoxy) is 1. The van der Waals surface area contributed by atoms with Gasteiger partial charge < -0.3 is 15.4 Å². The Morgan fingerprint density at radius 1 is 1.58 bits per heavy atom. The molecule has 0 radical (unpaired) electrons.